The number of benzene rings is 2. The normalized spacial score (nSPS) is 14.3. The monoisotopic (exact) mass is 476 g/mol. The van der Waals surface area contributed by atoms with Crippen LogP contribution in [0.25, 0.3) is 11.3 Å². The van der Waals surface area contributed by atoms with E-state index < -0.39 is 27.5 Å². The fourth-order valence-corrected chi connectivity index (χ4v) is 4.52. The molecule has 0 saturated heterocycles. The van der Waals surface area contributed by atoms with Crippen LogP contribution in [-0.2, 0) is 22.6 Å². The molecule has 33 heavy (non-hydrogen) atoms. The van der Waals surface area contributed by atoms with E-state index in [1.165, 1.54) is 36.4 Å². The van der Waals surface area contributed by atoms with Crippen molar-refractivity contribution in [2.75, 3.05) is 11.6 Å². The Labute approximate surface area is 190 Å². The highest BCUT2D eigenvalue weighted by Gasteiger charge is 2.35. The molecule has 1 aliphatic rings. The van der Waals surface area contributed by atoms with Crippen molar-refractivity contribution in [1.29, 1.82) is 0 Å². The highest BCUT2D eigenvalue weighted by atomic mass is 32.2. The number of amides is 1. The van der Waals surface area contributed by atoms with Crippen LogP contribution in [0.15, 0.2) is 59.6 Å². The molecule has 1 aliphatic carbocycles. The van der Waals surface area contributed by atoms with Gasteiger partial charge in [0.15, 0.2) is 9.84 Å². The topological polar surface area (TPSA) is 68.2 Å². The Kier molecular flexibility index (Phi) is 5.86. The maximum Gasteiger partial charge on any atom is 0.417 e. The second-order valence-electron chi connectivity index (χ2n) is 8.41. The van der Waals surface area contributed by atoms with E-state index in [-0.39, 0.29) is 16.0 Å². The number of alkyl halides is 3. The van der Waals surface area contributed by atoms with Gasteiger partial charge in [-0.3, -0.25) is 4.79 Å². The van der Waals surface area contributed by atoms with E-state index in [4.69, 9.17) is 0 Å². The first-order chi connectivity index (χ1) is 15.4. The molecule has 0 radical (unpaired) electrons. The van der Waals surface area contributed by atoms with Crippen LogP contribution in [0.5, 0.6) is 0 Å². The molecule has 4 rings (SSSR count). The Hall–Kier alpha value is -3.07. The summed E-state index contributed by atoms with van der Waals surface area (Å²) in [5.41, 5.74) is 0.796. The van der Waals surface area contributed by atoms with Crippen molar-refractivity contribution in [3.05, 3.63) is 71.4 Å². The molecule has 1 saturated carbocycles. The number of nitrogens with zero attached hydrogens (tertiary/aromatic N) is 1. The maximum atomic E-state index is 13.7. The quantitative estimate of drug-likeness (QED) is 0.507. The number of nitrogens with one attached hydrogen (secondary N) is 1. The number of carbonyl (C=O) groups is 1. The molecule has 1 heterocycles. The van der Waals surface area contributed by atoms with Crippen molar-refractivity contribution in [1.82, 2.24) is 4.57 Å². The van der Waals surface area contributed by atoms with Gasteiger partial charge in [-0.25, -0.2) is 8.42 Å². The summed E-state index contributed by atoms with van der Waals surface area (Å²) in [6.45, 7) is 2.19. The van der Waals surface area contributed by atoms with Gasteiger partial charge in [-0.15, -0.1) is 0 Å². The molecule has 0 spiro atoms. The van der Waals surface area contributed by atoms with E-state index in [1.54, 1.807) is 23.8 Å². The van der Waals surface area contributed by atoms with E-state index in [0.717, 1.165) is 25.2 Å². The van der Waals surface area contributed by atoms with Crippen LogP contribution in [0.4, 0.5) is 18.9 Å². The Morgan fingerprint density at radius 1 is 1.09 bits per heavy atom. The van der Waals surface area contributed by atoms with Crippen molar-refractivity contribution in [2.45, 2.75) is 37.4 Å². The van der Waals surface area contributed by atoms with E-state index in [0.29, 0.717) is 29.4 Å². The molecular formula is C24H23F3N2O3S. The van der Waals surface area contributed by atoms with Crippen molar-refractivity contribution in [2.24, 2.45) is 5.92 Å². The molecule has 5 nitrogen and oxygen atoms in total. The zero-order valence-corrected chi connectivity index (χ0v) is 18.9. The summed E-state index contributed by atoms with van der Waals surface area (Å²) >= 11 is 0. The van der Waals surface area contributed by atoms with Gasteiger partial charge in [0.25, 0.3) is 5.91 Å². The largest absolute Gasteiger partial charge is 0.417 e. The molecule has 0 bridgehead atoms. The first kappa shape index (κ1) is 23.1. The summed E-state index contributed by atoms with van der Waals surface area (Å²) < 4.78 is 66.1. The minimum absolute atomic E-state index is 0.0414. The van der Waals surface area contributed by atoms with Crippen LogP contribution in [0.2, 0.25) is 0 Å². The van der Waals surface area contributed by atoms with Gasteiger partial charge in [-0.2, -0.15) is 13.2 Å². The van der Waals surface area contributed by atoms with Crippen LogP contribution >= 0.6 is 0 Å². The van der Waals surface area contributed by atoms with Crippen LogP contribution < -0.4 is 5.32 Å². The number of hydrogen-bond acceptors (Lipinski definition) is 3. The third-order valence-corrected chi connectivity index (χ3v) is 6.88. The summed E-state index contributed by atoms with van der Waals surface area (Å²) in [5.74, 6) is -0.0899. The van der Waals surface area contributed by atoms with Gasteiger partial charge in [-0.1, -0.05) is 18.2 Å². The predicted molar refractivity (Wildman–Crippen MR) is 120 cm³/mol. The Bertz CT molecular complexity index is 1310. The van der Waals surface area contributed by atoms with Gasteiger partial charge in [0.05, 0.1) is 21.7 Å². The van der Waals surface area contributed by atoms with Crippen molar-refractivity contribution >= 4 is 21.4 Å². The molecule has 0 aliphatic heterocycles. The molecule has 0 unspecified atom stereocenters. The Morgan fingerprint density at radius 3 is 2.30 bits per heavy atom. The second kappa shape index (κ2) is 8.37. The summed E-state index contributed by atoms with van der Waals surface area (Å²) in [6.07, 6.45) is 0.183. The molecule has 1 amide bonds. The molecular weight excluding hydrogens is 453 g/mol. The van der Waals surface area contributed by atoms with Crippen LogP contribution in [0.1, 0.15) is 34.3 Å². The number of halogens is 3. The second-order valence-corrected chi connectivity index (χ2v) is 10.4. The summed E-state index contributed by atoms with van der Waals surface area (Å²) in [7, 11) is -3.37. The van der Waals surface area contributed by atoms with E-state index >= 15 is 0 Å². The summed E-state index contributed by atoms with van der Waals surface area (Å²) in [6, 6.07) is 11.1. The number of anilines is 1. The van der Waals surface area contributed by atoms with Gasteiger partial charge in [0, 0.05) is 30.2 Å². The highest BCUT2D eigenvalue weighted by molar-refractivity contribution is 7.90. The van der Waals surface area contributed by atoms with Crippen molar-refractivity contribution < 1.29 is 26.4 Å². The molecule has 174 valence electrons. The van der Waals surface area contributed by atoms with E-state index in [1.807, 2.05) is 0 Å². The average Bonchev–Trinajstić information content (AvgIpc) is 3.49. The smallest absolute Gasteiger partial charge is 0.346 e. The zero-order chi connectivity index (χ0) is 24.0. The fraction of sp³-hybridized carbons (Fsp3) is 0.292. The maximum absolute atomic E-state index is 13.7. The lowest BCUT2D eigenvalue weighted by molar-refractivity contribution is -0.137. The predicted octanol–water partition coefficient (Wildman–Crippen LogP) is 5.55. The molecule has 1 aromatic heterocycles. The van der Waals surface area contributed by atoms with Gasteiger partial charge in [0.2, 0.25) is 0 Å². The number of rotatable bonds is 6. The van der Waals surface area contributed by atoms with Crippen molar-refractivity contribution in [3.63, 3.8) is 0 Å². The van der Waals surface area contributed by atoms with Gasteiger partial charge < -0.3 is 9.88 Å². The third-order valence-electron chi connectivity index (χ3n) is 5.76. The SMILES string of the molecule is Cc1c(C(=O)Nc2ccc(S(C)(=O)=O)cc2)cn(CC2CC2)c1-c1ccccc1C(F)(F)F. The number of hydrogen-bond donors (Lipinski definition) is 1. The van der Waals surface area contributed by atoms with Crippen LogP contribution in [-0.4, -0.2) is 25.1 Å². The van der Waals surface area contributed by atoms with Gasteiger partial charge in [-0.05, 0) is 61.6 Å². The van der Waals surface area contributed by atoms with E-state index in [9.17, 15) is 26.4 Å². The van der Waals surface area contributed by atoms with Crippen LogP contribution in [0, 0.1) is 12.8 Å². The lowest BCUT2D eigenvalue weighted by Crippen LogP contribution is -2.12. The minimum Gasteiger partial charge on any atom is -0.346 e. The summed E-state index contributed by atoms with van der Waals surface area (Å²) in [5, 5.41) is 2.71. The lowest BCUT2D eigenvalue weighted by atomic mass is 10.00. The first-order valence-electron chi connectivity index (χ1n) is 10.4. The molecule has 0 atom stereocenters. The average molecular weight is 477 g/mol. The van der Waals surface area contributed by atoms with E-state index in [2.05, 4.69) is 5.32 Å². The number of aromatic nitrogens is 1. The van der Waals surface area contributed by atoms with Gasteiger partial charge >= 0.3 is 6.18 Å². The number of carbonyl (C=O) groups excluding carboxylic acids is 1. The highest BCUT2D eigenvalue weighted by Crippen LogP contribution is 2.41. The molecule has 2 aromatic carbocycles. The minimum atomic E-state index is -4.53. The first-order valence-corrected chi connectivity index (χ1v) is 12.3. The fourth-order valence-electron chi connectivity index (χ4n) is 3.89. The third kappa shape index (κ3) is 4.98. The van der Waals surface area contributed by atoms with Gasteiger partial charge in [0.1, 0.15) is 0 Å². The zero-order valence-electron chi connectivity index (χ0n) is 18.1. The number of sulfone groups is 1. The Balaban J connectivity index is 1.72. The molecule has 1 fully saturated rings. The summed E-state index contributed by atoms with van der Waals surface area (Å²) in [4.78, 5) is 13.2. The Morgan fingerprint density at radius 2 is 1.73 bits per heavy atom. The van der Waals surface area contributed by atoms with Crippen LogP contribution in [0.3, 0.4) is 0 Å². The molecule has 9 heteroatoms. The lowest BCUT2D eigenvalue weighted by Gasteiger charge is -2.16. The standard InChI is InChI=1S/C24H23F3N2O3S/c1-15-20(23(30)28-17-9-11-18(12-10-17)33(2,31)32)14-29(13-16-7-8-16)22(15)19-5-3-4-6-21(19)24(25,26)27/h3-6,9-12,14,16H,7-8,13H2,1-2H3,(H,28,30). The molecule has 3 aromatic rings. The molecule has 1 N–H and O–H groups in total. The van der Waals surface area contributed by atoms with Crippen molar-refractivity contribution in [3.8, 4) is 11.3 Å².